The first-order chi connectivity index (χ1) is 13.0. The summed E-state index contributed by atoms with van der Waals surface area (Å²) >= 11 is 6.60. The predicted octanol–water partition coefficient (Wildman–Crippen LogP) is 4.62. The molecule has 0 amide bonds. The second kappa shape index (κ2) is 7.67. The molecule has 0 radical (unpaired) electrons. The number of phenols is 1. The van der Waals surface area contributed by atoms with E-state index in [9.17, 15) is 15.6 Å². The van der Waals surface area contributed by atoms with Crippen LogP contribution in [0.15, 0.2) is 51.4 Å². The number of nitrogens with zero attached hydrogens (tertiary/aromatic N) is 4. The van der Waals surface area contributed by atoms with Gasteiger partial charge in [0.2, 0.25) is 0 Å². The Labute approximate surface area is 172 Å². The van der Waals surface area contributed by atoms with Crippen LogP contribution in [0.2, 0.25) is 0 Å². The summed E-state index contributed by atoms with van der Waals surface area (Å²) in [7, 11) is 0. The van der Waals surface area contributed by atoms with Gasteiger partial charge in [-0.15, -0.1) is 0 Å². The van der Waals surface area contributed by atoms with Crippen LogP contribution in [0.25, 0.3) is 17.3 Å². The van der Waals surface area contributed by atoms with Crippen molar-refractivity contribution in [1.29, 1.82) is 10.5 Å². The maximum absolute atomic E-state index is 10.2. The monoisotopic (exact) mass is 483 g/mol. The van der Waals surface area contributed by atoms with Crippen LogP contribution < -0.4 is 5.73 Å². The molecule has 0 unspecified atom stereocenters. The number of allylic oxidation sites excluding steroid dienone is 1. The van der Waals surface area contributed by atoms with Crippen molar-refractivity contribution in [3.05, 3.63) is 68.2 Å². The highest BCUT2D eigenvalue weighted by Gasteiger charge is 2.20. The van der Waals surface area contributed by atoms with Gasteiger partial charge in [-0.05, 0) is 46.3 Å². The molecule has 8 heteroatoms. The molecule has 3 N–H and O–H groups in total. The number of para-hydroxylation sites is 1. The van der Waals surface area contributed by atoms with Crippen molar-refractivity contribution in [2.45, 2.75) is 0 Å². The summed E-state index contributed by atoms with van der Waals surface area (Å²) in [6, 6.07) is 16.5. The summed E-state index contributed by atoms with van der Waals surface area (Å²) in [6.07, 6.45) is 1.46. The normalized spacial score (nSPS) is 11.0. The van der Waals surface area contributed by atoms with Gasteiger partial charge in [-0.3, -0.25) is 0 Å². The maximum atomic E-state index is 10.2. The molecule has 1 heterocycles. The van der Waals surface area contributed by atoms with Crippen molar-refractivity contribution in [3.63, 3.8) is 0 Å². The highest BCUT2D eigenvalue weighted by Crippen LogP contribution is 2.35. The van der Waals surface area contributed by atoms with E-state index in [4.69, 9.17) is 5.73 Å². The molecular formula is C19H11Br2N5O. The van der Waals surface area contributed by atoms with Gasteiger partial charge in [-0.1, -0.05) is 34.1 Å². The van der Waals surface area contributed by atoms with Crippen LogP contribution in [0.1, 0.15) is 16.8 Å². The molecule has 0 aliphatic carbocycles. The number of rotatable bonds is 3. The van der Waals surface area contributed by atoms with E-state index < -0.39 is 0 Å². The number of nitrogen functional groups attached to an aromatic ring is 1. The van der Waals surface area contributed by atoms with Gasteiger partial charge in [0.1, 0.15) is 35.0 Å². The lowest BCUT2D eigenvalue weighted by Gasteiger charge is -2.04. The molecule has 0 aliphatic rings. The summed E-state index contributed by atoms with van der Waals surface area (Å²) in [6.45, 7) is 0. The summed E-state index contributed by atoms with van der Waals surface area (Å²) in [4.78, 5) is 0. The molecule has 6 nitrogen and oxygen atoms in total. The second-order valence-electron chi connectivity index (χ2n) is 5.46. The van der Waals surface area contributed by atoms with Gasteiger partial charge in [0.25, 0.3) is 0 Å². The Kier molecular flexibility index (Phi) is 5.31. The Morgan fingerprint density at radius 3 is 2.52 bits per heavy atom. The number of aromatic hydroxyl groups is 1. The molecule has 3 rings (SSSR count). The Morgan fingerprint density at radius 2 is 1.89 bits per heavy atom. The standard InChI is InChI=1S/C19H11Br2N5O/c20-13-7-11(18(27)16(21)8-13)6-12(9-22)17-15(10-23)19(24)26(25-17)14-4-2-1-3-5-14/h1-8,27H,24H2/b12-6+. The summed E-state index contributed by atoms with van der Waals surface area (Å²) < 4.78 is 2.59. The first-order valence-corrected chi connectivity index (χ1v) is 9.19. The van der Waals surface area contributed by atoms with E-state index in [1.165, 1.54) is 10.8 Å². The quantitative estimate of drug-likeness (QED) is 0.526. The van der Waals surface area contributed by atoms with E-state index in [0.717, 1.165) is 0 Å². The Morgan fingerprint density at radius 1 is 1.19 bits per heavy atom. The molecule has 0 spiro atoms. The average Bonchev–Trinajstić information content (AvgIpc) is 3.00. The molecule has 3 aromatic rings. The van der Waals surface area contributed by atoms with Crippen LogP contribution in [0.3, 0.4) is 0 Å². The van der Waals surface area contributed by atoms with Crippen LogP contribution in [0.5, 0.6) is 5.75 Å². The number of phenolic OH excluding ortho intramolecular Hbond substituents is 1. The molecule has 132 valence electrons. The van der Waals surface area contributed by atoms with E-state index >= 15 is 0 Å². The SMILES string of the molecule is N#C/C(=C\c1cc(Br)cc(Br)c1O)c1nn(-c2ccccc2)c(N)c1C#N. The van der Waals surface area contributed by atoms with Crippen LogP contribution in [0.4, 0.5) is 5.82 Å². The molecule has 0 aliphatic heterocycles. The Bertz CT molecular complexity index is 1140. The fourth-order valence-corrected chi connectivity index (χ4v) is 3.76. The number of nitrogens with two attached hydrogens (primary N) is 1. The van der Waals surface area contributed by atoms with Crippen LogP contribution in [-0.4, -0.2) is 14.9 Å². The summed E-state index contributed by atoms with van der Waals surface area (Å²) in [5, 5.41) is 33.8. The smallest absolute Gasteiger partial charge is 0.145 e. The zero-order valence-corrected chi connectivity index (χ0v) is 16.9. The lowest BCUT2D eigenvalue weighted by molar-refractivity contribution is 0.470. The Balaban J connectivity index is 2.21. The van der Waals surface area contributed by atoms with Gasteiger partial charge in [-0.25, -0.2) is 4.68 Å². The minimum absolute atomic E-state index is 0.0279. The van der Waals surface area contributed by atoms with Crippen molar-refractivity contribution < 1.29 is 5.11 Å². The average molecular weight is 485 g/mol. The molecule has 27 heavy (non-hydrogen) atoms. The number of aromatic nitrogens is 2. The topological polar surface area (TPSA) is 112 Å². The lowest BCUT2D eigenvalue weighted by atomic mass is 10.1. The predicted molar refractivity (Wildman–Crippen MR) is 110 cm³/mol. The number of halogens is 2. The van der Waals surface area contributed by atoms with Crippen molar-refractivity contribution in [1.82, 2.24) is 9.78 Å². The van der Waals surface area contributed by atoms with Gasteiger partial charge in [0, 0.05) is 10.0 Å². The van der Waals surface area contributed by atoms with Gasteiger partial charge in [-0.2, -0.15) is 15.6 Å². The van der Waals surface area contributed by atoms with E-state index in [1.807, 2.05) is 30.3 Å². The zero-order chi connectivity index (χ0) is 19.6. The molecule has 0 saturated carbocycles. The fraction of sp³-hybridized carbons (Fsp3) is 0. The molecule has 0 bridgehead atoms. The molecular weight excluding hydrogens is 474 g/mol. The Hall–Kier alpha value is -3.07. The first-order valence-electron chi connectivity index (χ1n) is 7.60. The fourth-order valence-electron chi connectivity index (χ4n) is 2.50. The molecule has 0 atom stereocenters. The minimum Gasteiger partial charge on any atom is -0.506 e. The minimum atomic E-state index is -0.0279. The van der Waals surface area contributed by atoms with E-state index in [0.29, 0.717) is 20.2 Å². The largest absolute Gasteiger partial charge is 0.506 e. The number of hydrogen-bond acceptors (Lipinski definition) is 5. The second-order valence-corrected chi connectivity index (χ2v) is 7.23. The molecule has 2 aromatic carbocycles. The van der Waals surface area contributed by atoms with Crippen LogP contribution in [-0.2, 0) is 0 Å². The van der Waals surface area contributed by atoms with Gasteiger partial charge in [0.15, 0.2) is 0 Å². The molecule has 1 aromatic heterocycles. The third-order valence-corrected chi connectivity index (χ3v) is 4.83. The van der Waals surface area contributed by atoms with Gasteiger partial charge >= 0.3 is 0 Å². The highest BCUT2D eigenvalue weighted by molar-refractivity contribution is 9.11. The highest BCUT2D eigenvalue weighted by atomic mass is 79.9. The number of hydrogen-bond donors (Lipinski definition) is 2. The lowest BCUT2D eigenvalue weighted by Crippen LogP contribution is -2.02. The number of benzene rings is 2. The van der Waals surface area contributed by atoms with Gasteiger partial charge < -0.3 is 10.8 Å². The summed E-state index contributed by atoms with van der Waals surface area (Å²) in [5.74, 6) is 0.111. The van der Waals surface area contributed by atoms with E-state index in [-0.39, 0.29) is 28.4 Å². The van der Waals surface area contributed by atoms with Crippen LogP contribution >= 0.6 is 31.9 Å². The third-order valence-electron chi connectivity index (χ3n) is 3.77. The summed E-state index contributed by atoms with van der Waals surface area (Å²) in [5.41, 5.74) is 7.50. The number of anilines is 1. The van der Waals surface area contributed by atoms with Crippen molar-refractivity contribution in [2.75, 3.05) is 5.73 Å². The van der Waals surface area contributed by atoms with Gasteiger partial charge in [0.05, 0.1) is 15.7 Å². The zero-order valence-electron chi connectivity index (χ0n) is 13.7. The van der Waals surface area contributed by atoms with Crippen molar-refractivity contribution in [3.8, 4) is 23.6 Å². The molecule has 0 saturated heterocycles. The van der Waals surface area contributed by atoms with E-state index in [1.54, 1.807) is 24.3 Å². The van der Waals surface area contributed by atoms with Crippen LogP contribution in [0, 0.1) is 22.7 Å². The van der Waals surface area contributed by atoms with Crippen molar-refractivity contribution in [2.24, 2.45) is 0 Å². The molecule has 0 fully saturated rings. The maximum Gasteiger partial charge on any atom is 0.145 e. The first kappa shape index (κ1) is 18.7. The number of nitriles is 2. The third kappa shape index (κ3) is 3.59. The van der Waals surface area contributed by atoms with Crippen molar-refractivity contribution >= 4 is 49.3 Å². The van der Waals surface area contributed by atoms with E-state index in [2.05, 4.69) is 37.0 Å².